The van der Waals surface area contributed by atoms with E-state index in [1.54, 1.807) is 23.5 Å². The Labute approximate surface area is 836 Å². The molecular formula is C92H69Cl10F20N9O10. The van der Waals surface area contributed by atoms with Crippen LogP contribution in [-0.4, -0.2) is 128 Å². The Morgan fingerprint density at radius 1 is 0.383 bits per heavy atom. The molecule has 5 N–H and O–H groups in total. The maximum absolute atomic E-state index is 14.5. The van der Waals surface area contributed by atoms with Gasteiger partial charge in [0, 0.05) is 132 Å². The van der Waals surface area contributed by atoms with Crippen molar-refractivity contribution in [3.05, 3.63) is 275 Å². The Morgan fingerprint density at radius 3 is 1.16 bits per heavy atom. The van der Waals surface area contributed by atoms with Gasteiger partial charge >= 0.3 is 37.1 Å². The van der Waals surface area contributed by atoms with Gasteiger partial charge in [-0.1, -0.05) is 185 Å². The summed E-state index contributed by atoms with van der Waals surface area (Å²) < 4.78 is 273. The monoisotopic (exact) mass is 2190 g/mol. The molecule has 4 unspecified atom stereocenters. The number of rotatable bonds is 26. The lowest BCUT2D eigenvalue weighted by Gasteiger charge is -2.30. The summed E-state index contributed by atoms with van der Waals surface area (Å²) in [5.41, 5.74) is -11.5. The first-order valence-corrected chi connectivity index (χ1v) is 45.2. The SMILES string of the molecule is CC(F)(F)c1cc(Cl)cc(C2(C(F)(F)F)CC(c3ccc(C(=O)NCC(=O)NCC(F)(F)F)c4ccccc34)=NO2)c1.Cc1cc(C2=NOC(c3cc(Cl)cc(Cl)c3)(C(F)(F)F)C2)ccc1C(=O)NCC(=O)CCC(F)(F)F.O=C(CNc1cc(C2=NOC(c3cc(Cl)c(Cl)c(Cl)c3)(C(F)(F)F)C2)ccc1Cl)C1CC1.O=C(CNc1cc(C2=NOC(c3cc(Cl)cc(Cl)c3)(C(F)(F)F)C2)ccc1Cl)C1CC1. The number of aryl methyl sites for hydroxylation is 1. The number of fused-ring (bicyclic) bond motifs is 1. The minimum absolute atomic E-state index is 0.0127. The van der Waals surface area contributed by atoms with Crippen LogP contribution in [0.5, 0.6) is 0 Å². The van der Waals surface area contributed by atoms with Gasteiger partial charge in [0.25, 0.3) is 40.1 Å². The zero-order valence-electron chi connectivity index (χ0n) is 72.0. The van der Waals surface area contributed by atoms with Crippen molar-refractivity contribution in [2.45, 2.75) is 143 Å². The number of ketones is 3. The molecule has 752 valence electrons. The minimum Gasteiger partial charge on any atom is -0.377 e. The highest BCUT2D eigenvalue weighted by Gasteiger charge is 2.66. The molecule has 15 rings (SSSR count). The van der Waals surface area contributed by atoms with Crippen LogP contribution >= 0.6 is 116 Å². The number of alkyl halides is 20. The van der Waals surface area contributed by atoms with E-state index in [-0.39, 0.29) is 149 Å². The van der Waals surface area contributed by atoms with Crippen LogP contribution in [0.25, 0.3) is 10.8 Å². The number of benzene rings is 9. The number of amides is 3. The normalized spacial score (nSPS) is 19.1. The Morgan fingerprint density at radius 2 is 0.752 bits per heavy atom. The Kier molecular flexibility index (Phi) is 33.3. The van der Waals surface area contributed by atoms with Crippen molar-refractivity contribution < 1.29 is 136 Å². The third-order valence-corrected chi connectivity index (χ3v) is 25.6. The summed E-state index contributed by atoms with van der Waals surface area (Å²) in [5.74, 6) is -6.63. The van der Waals surface area contributed by atoms with Crippen molar-refractivity contribution >= 4 is 196 Å². The molecule has 0 spiro atoms. The summed E-state index contributed by atoms with van der Waals surface area (Å²) in [6, 6.07) is 33.5. The molecule has 49 heteroatoms. The summed E-state index contributed by atoms with van der Waals surface area (Å²) in [6.45, 7) is -0.729. The Bertz CT molecular complexity index is 6430. The van der Waals surface area contributed by atoms with Crippen molar-refractivity contribution in [2.75, 3.05) is 43.4 Å². The molecule has 4 heterocycles. The van der Waals surface area contributed by atoms with Crippen LogP contribution in [0.2, 0.25) is 50.2 Å². The van der Waals surface area contributed by atoms with Gasteiger partial charge in [0.2, 0.25) is 5.91 Å². The van der Waals surface area contributed by atoms with Gasteiger partial charge in [-0.3, -0.25) is 28.8 Å². The van der Waals surface area contributed by atoms with E-state index in [9.17, 15) is 117 Å². The van der Waals surface area contributed by atoms with E-state index in [1.807, 2.05) is 0 Å². The van der Waals surface area contributed by atoms with Crippen molar-refractivity contribution in [1.29, 1.82) is 0 Å². The highest BCUT2D eigenvalue weighted by Crippen LogP contribution is 2.56. The van der Waals surface area contributed by atoms with Crippen LogP contribution in [0.15, 0.2) is 178 Å². The summed E-state index contributed by atoms with van der Waals surface area (Å²) in [6.07, 6.45) is -30.1. The van der Waals surface area contributed by atoms with E-state index in [1.165, 1.54) is 91.9 Å². The number of carbonyl (C=O) groups excluding carboxylic acids is 6. The molecule has 141 heavy (non-hydrogen) atoms. The van der Waals surface area contributed by atoms with E-state index in [0.29, 0.717) is 51.1 Å². The number of nitrogens with zero attached hydrogens (tertiary/aromatic N) is 4. The number of hydrogen-bond acceptors (Lipinski definition) is 16. The van der Waals surface area contributed by atoms with E-state index >= 15 is 0 Å². The van der Waals surface area contributed by atoms with E-state index in [2.05, 4.69) is 41.9 Å². The van der Waals surface area contributed by atoms with Gasteiger partial charge in [0.15, 0.2) is 17.3 Å². The molecule has 0 radical (unpaired) electrons. The molecule has 9 aromatic carbocycles. The van der Waals surface area contributed by atoms with Gasteiger partial charge in [-0.15, -0.1) is 0 Å². The zero-order chi connectivity index (χ0) is 104. The van der Waals surface area contributed by atoms with Crippen LogP contribution in [-0.2, 0) is 66.9 Å². The summed E-state index contributed by atoms with van der Waals surface area (Å²) in [7, 11) is 0. The quantitative estimate of drug-likeness (QED) is 0.0251. The average Bonchev–Trinajstić information content (AvgIpc) is 1.63. The van der Waals surface area contributed by atoms with Crippen LogP contribution in [0.3, 0.4) is 0 Å². The number of anilines is 2. The van der Waals surface area contributed by atoms with Gasteiger partial charge in [0.05, 0.1) is 91.9 Å². The third kappa shape index (κ3) is 26.1. The second-order valence-electron chi connectivity index (χ2n) is 32.9. The number of Topliss-reactive ketones (excluding diaryl/α,β-unsaturated/α-hetero) is 3. The molecule has 6 aliphatic rings. The minimum atomic E-state index is -5.12. The Balaban J connectivity index is 0.000000169. The first-order valence-electron chi connectivity index (χ1n) is 41.4. The van der Waals surface area contributed by atoms with Crippen LogP contribution in [0, 0.1) is 18.8 Å². The molecule has 4 aliphatic heterocycles. The molecule has 0 bridgehead atoms. The molecule has 4 atom stereocenters. The number of hydrogen-bond donors (Lipinski definition) is 5. The number of carbonyl (C=O) groups is 6. The van der Waals surface area contributed by atoms with E-state index in [4.69, 9.17) is 135 Å². The van der Waals surface area contributed by atoms with Crippen LogP contribution in [0.4, 0.5) is 99.2 Å². The lowest BCUT2D eigenvalue weighted by Crippen LogP contribution is -2.43. The number of nitrogens with one attached hydrogen (secondary N) is 5. The first kappa shape index (κ1) is 109. The summed E-state index contributed by atoms with van der Waals surface area (Å²) in [4.78, 5) is 92.3. The highest BCUT2D eigenvalue weighted by molar-refractivity contribution is 6.48. The number of halogens is 30. The standard InChI is InChI=1S/C27H20ClF8N3O3.C23H18Cl2F6N2O3.C21H15Cl4F3N2O2.C21H16Cl3F3N2O2/c1-24(29,30)14-8-15(10-16(28)9-14)25(27(34,35)36)11-21(39-42-25)19-6-7-20(18-5-3-2-4-17(18)19)23(41)37-12-22(40)38-13-26(31,32)33;1-12-6-13(2-3-18(12)20(35)32-11-17(34)4-5-22(26,27)28)19-10-21(36-33-19,23(29,30)31)14-7-15(24)9-16(25)8-14;22-13-4-3-11(5-16(13)29-9-18(31)10-1-2-10)17-8-20(32-30-17,21(26,27)28)12-6-14(23)19(25)15(24)7-12;22-14-6-13(7-15(23)8-14)20(21(25,26)27)9-18(29-31-20)12-3-4-16(24)17(5-12)28-10-19(30)11-1-2-11/h2-10H,11-13H2,1H3,(H,37,41)(H,38,40);2-3,6-9H,4-5,10-11H2,1H3,(H,32,35);3-7,10,29H,1-2,8-9H2;3-8,11,28H,1-2,9-10H2. The Hall–Kier alpha value is -10.4. The summed E-state index contributed by atoms with van der Waals surface area (Å²) >= 11 is 59.7. The predicted octanol–water partition coefficient (Wildman–Crippen LogP) is 27.0. The van der Waals surface area contributed by atoms with Gasteiger partial charge in [-0.05, 0) is 164 Å². The lowest BCUT2D eigenvalue weighted by molar-refractivity contribution is -0.276. The smallest absolute Gasteiger partial charge is 0.377 e. The van der Waals surface area contributed by atoms with Crippen molar-refractivity contribution in [3.63, 3.8) is 0 Å². The third-order valence-electron chi connectivity index (χ3n) is 22.6. The van der Waals surface area contributed by atoms with Crippen LogP contribution < -0.4 is 26.6 Å². The van der Waals surface area contributed by atoms with Crippen LogP contribution in [0.1, 0.15) is 147 Å². The summed E-state index contributed by atoms with van der Waals surface area (Å²) in [5, 5.41) is 27.3. The second kappa shape index (κ2) is 42.9. The van der Waals surface area contributed by atoms with E-state index in [0.717, 1.165) is 74.2 Å². The first-order chi connectivity index (χ1) is 65.6. The molecular weight excluding hydrogens is 2130 g/mol. The van der Waals surface area contributed by atoms with Gasteiger partial charge in [-0.25, -0.2) is 8.78 Å². The lowest BCUT2D eigenvalue weighted by atomic mass is 9.84. The molecule has 3 amide bonds. The maximum atomic E-state index is 14.5. The van der Waals surface area contributed by atoms with Gasteiger partial charge < -0.3 is 45.9 Å². The number of oxime groups is 4. The largest absolute Gasteiger partial charge is 0.435 e. The highest BCUT2D eigenvalue weighted by atomic mass is 35.5. The predicted molar refractivity (Wildman–Crippen MR) is 490 cm³/mol. The fraction of sp³-hybridized carbons (Fsp3) is 0.326. The van der Waals surface area contributed by atoms with Gasteiger partial charge in [-0.2, -0.15) is 79.0 Å². The molecule has 2 aliphatic carbocycles. The zero-order valence-corrected chi connectivity index (χ0v) is 79.5. The molecule has 2 saturated carbocycles. The molecule has 2 fully saturated rings. The van der Waals surface area contributed by atoms with Crippen molar-refractivity contribution in [3.8, 4) is 0 Å². The topological polar surface area (TPSA) is 249 Å². The fourth-order valence-electron chi connectivity index (χ4n) is 14.8. The maximum Gasteiger partial charge on any atom is 0.435 e. The molecule has 0 aromatic heterocycles. The molecule has 9 aromatic rings. The fourth-order valence-corrected chi connectivity index (χ4v) is 17.1. The second-order valence-corrected chi connectivity index (χ2v) is 37.1. The van der Waals surface area contributed by atoms with Crippen molar-refractivity contribution in [1.82, 2.24) is 16.0 Å². The van der Waals surface area contributed by atoms with Crippen molar-refractivity contribution in [2.24, 2.45) is 32.5 Å². The average molecular weight is 2200 g/mol. The van der Waals surface area contributed by atoms with Gasteiger partial charge in [0.1, 0.15) is 6.54 Å². The molecule has 0 saturated heterocycles. The van der Waals surface area contributed by atoms with E-state index < -0.39 is 158 Å². The molecule has 19 nitrogen and oxygen atoms in total.